The lowest BCUT2D eigenvalue weighted by Gasteiger charge is -2.58. The third kappa shape index (κ3) is 1.00. The predicted molar refractivity (Wildman–Crippen MR) is 51.3 cm³/mol. The molecule has 1 nitrogen and oxygen atoms in total. The molecule has 4 aliphatic carbocycles. The second kappa shape index (κ2) is 2.09. The van der Waals surface area contributed by atoms with E-state index < -0.39 is 0 Å². The summed E-state index contributed by atoms with van der Waals surface area (Å²) >= 11 is 3.83. The summed E-state index contributed by atoms with van der Waals surface area (Å²) in [6, 6.07) is 0. The van der Waals surface area contributed by atoms with Gasteiger partial charge in [-0.3, -0.25) is 0 Å². The van der Waals surface area contributed by atoms with Gasteiger partial charge >= 0.3 is 0 Å². The van der Waals surface area contributed by atoms with Crippen LogP contribution in [0.5, 0.6) is 0 Å². The zero-order valence-electron chi connectivity index (χ0n) is 7.22. The molecule has 4 fully saturated rings. The van der Waals surface area contributed by atoms with E-state index in [0.717, 1.165) is 31.1 Å². The first-order valence-electron chi connectivity index (χ1n) is 4.98. The summed E-state index contributed by atoms with van der Waals surface area (Å²) in [5.41, 5.74) is -0.284. The van der Waals surface area contributed by atoms with Gasteiger partial charge in [-0.05, 0) is 50.4 Å². The Morgan fingerprint density at radius 1 is 1.08 bits per heavy atom. The number of hydrogen-bond acceptors (Lipinski definition) is 1. The van der Waals surface area contributed by atoms with E-state index in [-0.39, 0.29) is 5.60 Å². The molecule has 0 unspecified atom stereocenters. The molecule has 2 atom stereocenters. The van der Waals surface area contributed by atoms with E-state index in [2.05, 4.69) is 15.9 Å². The third-order valence-corrected chi connectivity index (χ3v) is 4.89. The Morgan fingerprint density at radius 3 is 2.08 bits per heavy atom. The number of rotatable bonds is 0. The maximum absolute atomic E-state index is 10.2. The molecule has 4 saturated carbocycles. The fourth-order valence-electron chi connectivity index (χ4n) is 4.10. The standard InChI is InChI=1S/C10H15BrO/c11-9-2-7-1-8(3-9)5-10(12,4-7)6-9/h7-8,12H,1-6H2/t7-,8-,9?,10?/m1/s1. The normalized spacial score (nSPS) is 62.5. The first kappa shape index (κ1) is 7.81. The smallest absolute Gasteiger partial charge is 0.0666 e. The van der Waals surface area contributed by atoms with E-state index >= 15 is 0 Å². The van der Waals surface area contributed by atoms with Crippen molar-refractivity contribution in [2.45, 2.75) is 48.5 Å². The molecule has 0 aromatic heterocycles. The quantitative estimate of drug-likeness (QED) is 0.635. The van der Waals surface area contributed by atoms with Crippen molar-refractivity contribution >= 4 is 15.9 Å². The van der Waals surface area contributed by atoms with Gasteiger partial charge in [-0.2, -0.15) is 0 Å². The first-order chi connectivity index (χ1) is 5.57. The highest BCUT2D eigenvalue weighted by Gasteiger charge is 2.56. The second-order valence-corrected chi connectivity index (χ2v) is 7.02. The second-order valence-electron chi connectivity index (χ2n) is 5.34. The summed E-state index contributed by atoms with van der Waals surface area (Å²) in [4.78, 5) is 0. The summed E-state index contributed by atoms with van der Waals surface area (Å²) in [7, 11) is 0. The Morgan fingerprint density at radius 2 is 1.67 bits per heavy atom. The number of aliphatic hydroxyl groups is 1. The number of hydrogen-bond donors (Lipinski definition) is 1. The van der Waals surface area contributed by atoms with Crippen molar-refractivity contribution in [3.05, 3.63) is 0 Å². The number of alkyl halides is 1. The molecule has 1 N–H and O–H groups in total. The highest BCUT2D eigenvalue weighted by molar-refractivity contribution is 9.10. The van der Waals surface area contributed by atoms with Gasteiger partial charge in [-0.1, -0.05) is 15.9 Å². The Bertz CT molecular complexity index is 192. The molecule has 2 heteroatoms. The van der Waals surface area contributed by atoms with Crippen molar-refractivity contribution < 1.29 is 5.11 Å². The van der Waals surface area contributed by atoms with Crippen LogP contribution in [0.4, 0.5) is 0 Å². The molecule has 4 bridgehead atoms. The summed E-state index contributed by atoms with van der Waals surface area (Å²) in [6.45, 7) is 0. The molecule has 0 heterocycles. The van der Waals surface area contributed by atoms with Crippen molar-refractivity contribution in [3.8, 4) is 0 Å². The molecule has 12 heavy (non-hydrogen) atoms. The van der Waals surface area contributed by atoms with Gasteiger partial charge < -0.3 is 5.11 Å². The minimum absolute atomic E-state index is 0.284. The molecule has 0 aromatic carbocycles. The van der Waals surface area contributed by atoms with Crippen LogP contribution in [0, 0.1) is 11.8 Å². The molecule has 0 amide bonds. The monoisotopic (exact) mass is 230 g/mol. The molecule has 68 valence electrons. The molecule has 4 rings (SSSR count). The van der Waals surface area contributed by atoms with E-state index in [9.17, 15) is 5.11 Å². The van der Waals surface area contributed by atoms with Gasteiger partial charge in [0.1, 0.15) is 0 Å². The van der Waals surface area contributed by atoms with E-state index in [4.69, 9.17) is 0 Å². The molecule has 0 radical (unpaired) electrons. The van der Waals surface area contributed by atoms with Gasteiger partial charge in [0.05, 0.1) is 5.60 Å². The molecular formula is C10H15BrO. The van der Waals surface area contributed by atoms with Crippen molar-refractivity contribution in [1.29, 1.82) is 0 Å². The van der Waals surface area contributed by atoms with Crippen molar-refractivity contribution in [3.63, 3.8) is 0 Å². The number of halogens is 1. The molecule has 4 aliphatic rings. The Hall–Kier alpha value is 0.440. The highest BCUT2D eigenvalue weighted by atomic mass is 79.9. The van der Waals surface area contributed by atoms with Crippen LogP contribution >= 0.6 is 15.9 Å². The van der Waals surface area contributed by atoms with E-state index in [1.54, 1.807) is 0 Å². The maximum Gasteiger partial charge on any atom is 0.0666 e. The van der Waals surface area contributed by atoms with Crippen LogP contribution in [-0.2, 0) is 0 Å². The van der Waals surface area contributed by atoms with Crippen molar-refractivity contribution in [2.24, 2.45) is 11.8 Å². The topological polar surface area (TPSA) is 20.2 Å². The predicted octanol–water partition coefficient (Wildman–Crippen LogP) is 2.47. The SMILES string of the molecule is OC12C[C@@H]3C[C@@H](C1)CC(Br)(C3)C2. The fourth-order valence-corrected chi connectivity index (χ4v) is 5.54. The van der Waals surface area contributed by atoms with Crippen LogP contribution < -0.4 is 0 Å². The average Bonchev–Trinajstić information content (AvgIpc) is 1.75. The molecule has 0 spiro atoms. The van der Waals surface area contributed by atoms with Gasteiger partial charge in [0.15, 0.2) is 0 Å². The van der Waals surface area contributed by atoms with Gasteiger partial charge in [0.2, 0.25) is 0 Å². The van der Waals surface area contributed by atoms with E-state index in [1.165, 1.54) is 19.3 Å². The highest BCUT2D eigenvalue weighted by Crippen LogP contribution is 2.60. The third-order valence-electron chi connectivity index (χ3n) is 3.96. The van der Waals surface area contributed by atoms with Crippen LogP contribution in [0.15, 0.2) is 0 Å². The summed E-state index contributed by atoms with van der Waals surface area (Å²) < 4.78 is 0.325. The lowest BCUT2D eigenvalue weighted by atomic mass is 9.54. The maximum atomic E-state index is 10.2. The van der Waals surface area contributed by atoms with Crippen LogP contribution in [0.1, 0.15) is 38.5 Å². The van der Waals surface area contributed by atoms with Crippen molar-refractivity contribution in [2.75, 3.05) is 0 Å². The van der Waals surface area contributed by atoms with Crippen molar-refractivity contribution in [1.82, 2.24) is 0 Å². The lowest BCUT2D eigenvalue weighted by molar-refractivity contribution is -0.112. The molecule has 0 aromatic rings. The summed E-state index contributed by atoms with van der Waals surface area (Å²) in [5, 5.41) is 10.2. The van der Waals surface area contributed by atoms with Crippen LogP contribution in [0.3, 0.4) is 0 Å². The Balaban J connectivity index is 1.98. The van der Waals surface area contributed by atoms with Gasteiger partial charge in [-0.15, -0.1) is 0 Å². The average molecular weight is 231 g/mol. The molecule has 0 aliphatic heterocycles. The zero-order chi connectivity index (χ0) is 8.40. The van der Waals surface area contributed by atoms with E-state index in [1.807, 2.05) is 0 Å². The van der Waals surface area contributed by atoms with Crippen LogP contribution in [0.25, 0.3) is 0 Å². The van der Waals surface area contributed by atoms with E-state index in [0.29, 0.717) is 4.32 Å². The minimum Gasteiger partial charge on any atom is -0.390 e. The minimum atomic E-state index is -0.284. The van der Waals surface area contributed by atoms with Gasteiger partial charge in [-0.25, -0.2) is 0 Å². The van der Waals surface area contributed by atoms with Crippen LogP contribution in [-0.4, -0.2) is 15.0 Å². The first-order valence-corrected chi connectivity index (χ1v) is 5.78. The van der Waals surface area contributed by atoms with Gasteiger partial charge in [0.25, 0.3) is 0 Å². The lowest BCUT2D eigenvalue weighted by Crippen LogP contribution is -2.56. The summed E-state index contributed by atoms with van der Waals surface area (Å²) in [5.74, 6) is 1.63. The Kier molecular flexibility index (Phi) is 1.36. The fraction of sp³-hybridized carbons (Fsp3) is 1.00. The summed E-state index contributed by atoms with van der Waals surface area (Å²) in [6.07, 6.45) is 7.17. The van der Waals surface area contributed by atoms with Crippen LogP contribution in [0.2, 0.25) is 0 Å². The zero-order valence-corrected chi connectivity index (χ0v) is 8.81. The Labute approximate surface area is 81.7 Å². The molecular weight excluding hydrogens is 216 g/mol. The van der Waals surface area contributed by atoms with Gasteiger partial charge in [0, 0.05) is 4.32 Å². The molecule has 0 saturated heterocycles. The largest absolute Gasteiger partial charge is 0.390 e.